The maximum absolute atomic E-state index is 12.2. The van der Waals surface area contributed by atoms with Crippen LogP contribution in [0.15, 0.2) is 18.2 Å². The molecule has 0 bridgehead atoms. The second-order valence-corrected chi connectivity index (χ2v) is 5.71. The molecule has 2 N–H and O–H groups in total. The van der Waals surface area contributed by atoms with E-state index in [0.717, 1.165) is 12.0 Å². The lowest BCUT2D eigenvalue weighted by atomic mass is 9.91. The van der Waals surface area contributed by atoms with E-state index in [9.17, 15) is 9.59 Å². The van der Waals surface area contributed by atoms with E-state index in [2.05, 4.69) is 10.6 Å². The van der Waals surface area contributed by atoms with Crippen molar-refractivity contribution in [1.82, 2.24) is 5.32 Å². The zero-order valence-electron chi connectivity index (χ0n) is 12.3. The Morgan fingerprint density at radius 2 is 1.90 bits per heavy atom. The van der Waals surface area contributed by atoms with Crippen LogP contribution in [0.2, 0.25) is 5.02 Å². The zero-order valence-corrected chi connectivity index (χ0v) is 13.1. The van der Waals surface area contributed by atoms with Gasteiger partial charge < -0.3 is 10.6 Å². The number of hydrogen-bond donors (Lipinski definition) is 2. The minimum absolute atomic E-state index is 0.282. The lowest BCUT2D eigenvalue weighted by Gasteiger charge is -2.22. The summed E-state index contributed by atoms with van der Waals surface area (Å²) in [7, 11) is 0. The molecule has 0 radical (unpaired) electrons. The van der Waals surface area contributed by atoms with Gasteiger partial charge in [0.1, 0.15) is 5.41 Å². The van der Waals surface area contributed by atoms with Crippen LogP contribution in [-0.4, -0.2) is 18.4 Å². The van der Waals surface area contributed by atoms with Gasteiger partial charge >= 0.3 is 0 Å². The molecule has 0 heterocycles. The predicted octanol–water partition coefficient (Wildman–Crippen LogP) is 3.14. The Labute approximate surface area is 124 Å². The van der Waals surface area contributed by atoms with E-state index in [0.29, 0.717) is 17.3 Å². The third kappa shape index (κ3) is 3.97. The van der Waals surface area contributed by atoms with E-state index in [1.807, 2.05) is 19.9 Å². The van der Waals surface area contributed by atoms with Crippen LogP contribution < -0.4 is 10.6 Å². The predicted molar refractivity (Wildman–Crippen MR) is 81.9 cm³/mol. The molecule has 1 rings (SSSR count). The second kappa shape index (κ2) is 6.75. The molecule has 20 heavy (non-hydrogen) atoms. The molecule has 1 aromatic rings. The van der Waals surface area contributed by atoms with Crippen molar-refractivity contribution >= 4 is 29.1 Å². The van der Waals surface area contributed by atoms with Gasteiger partial charge in [0.2, 0.25) is 11.8 Å². The highest BCUT2D eigenvalue weighted by molar-refractivity contribution is 6.31. The number of nitrogens with one attached hydrogen (secondary N) is 2. The smallest absolute Gasteiger partial charge is 0.239 e. The number of anilines is 1. The first-order valence-electron chi connectivity index (χ1n) is 6.65. The first-order valence-corrected chi connectivity index (χ1v) is 7.02. The normalized spacial score (nSPS) is 11.1. The molecular formula is C15H21ClN2O2. The van der Waals surface area contributed by atoms with Gasteiger partial charge in [-0.2, -0.15) is 0 Å². The highest BCUT2D eigenvalue weighted by Crippen LogP contribution is 2.23. The van der Waals surface area contributed by atoms with Crippen LogP contribution in [0.3, 0.4) is 0 Å². The van der Waals surface area contributed by atoms with Gasteiger partial charge in [-0.1, -0.05) is 24.6 Å². The Bertz CT molecular complexity index is 513. The molecule has 0 saturated carbocycles. The van der Waals surface area contributed by atoms with Gasteiger partial charge in [-0.05, 0) is 44.9 Å². The summed E-state index contributed by atoms with van der Waals surface area (Å²) in [6, 6.07) is 5.26. The molecule has 0 aliphatic rings. The maximum Gasteiger partial charge on any atom is 0.239 e. The summed E-state index contributed by atoms with van der Waals surface area (Å²) in [6.45, 7) is 7.61. The van der Waals surface area contributed by atoms with Gasteiger partial charge in [0.05, 0.1) is 0 Å². The van der Waals surface area contributed by atoms with E-state index >= 15 is 0 Å². The van der Waals surface area contributed by atoms with E-state index in [1.54, 1.807) is 26.0 Å². The topological polar surface area (TPSA) is 58.2 Å². The molecule has 0 unspecified atom stereocenters. The van der Waals surface area contributed by atoms with Crippen molar-refractivity contribution in [3.8, 4) is 0 Å². The molecule has 2 amide bonds. The van der Waals surface area contributed by atoms with Crippen molar-refractivity contribution in [1.29, 1.82) is 0 Å². The van der Waals surface area contributed by atoms with E-state index in [4.69, 9.17) is 11.6 Å². The number of amides is 2. The molecule has 5 heteroatoms. The Morgan fingerprint density at radius 1 is 1.25 bits per heavy atom. The van der Waals surface area contributed by atoms with Crippen LogP contribution in [0.1, 0.15) is 32.8 Å². The monoisotopic (exact) mass is 296 g/mol. The lowest BCUT2D eigenvalue weighted by molar-refractivity contribution is -0.138. The lowest BCUT2D eigenvalue weighted by Crippen LogP contribution is -2.45. The van der Waals surface area contributed by atoms with Crippen LogP contribution in [0.5, 0.6) is 0 Å². The average molecular weight is 297 g/mol. The molecule has 0 atom stereocenters. The van der Waals surface area contributed by atoms with Crippen molar-refractivity contribution < 1.29 is 9.59 Å². The number of rotatable bonds is 5. The Morgan fingerprint density at radius 3 is 2.45 bits per heavy atom. The van der Waals surface area contributed by atoms with Crippen molar-refractivity contribution in [3.63, 3.8) is 0 Å². The first-order chi connectivity index (χ1) is 9.28. The molecular weight excluding hydrogens is 276 g/mol. The Balaban J connectivity index is 2.78. The van der Waals surface area contributed by atoms with Gasteiger partial charge in [-0.25, -0.2) is 0 Å². The van der Waals surface area contributed by atoms with Crippen LogP contribution in [-0.2, 0) is 9.59 Å². The Kier molecular flexibility index (Phi) is 5.57. The van der Waals surface area contributed by atoms with Crippen LogP contribution >= 0.6 is 11.6 Å². The van der Waals surface area contributed by atoms with Gasteiger partial charge in [0.25, 0.3) is 0 Å². The number of halogens is 1. The fraction of sp³-hybridized carbons (Fsp3) is 0.467. The SMILES string of the molecule is CCCNC(=O)C(C)(C)C(=O)Nc1ccc(C)c(Cl)c1. The second-order valence-electron chi connectivity index (χ2n) is 5.30. The number of hydrogen-bond acceptors (Lipinski definition) is 2. The maximum atomic E-state index is 12.2. The van der Waals surface area contributed by atoms with Crippen LogP contribution in [0.25, 0.3) is 0 Å². The number of aryl methyl sites for hydroxylation is 1. The van der Waals surface area contributed by atoms with Crippen molar-refractivity contribution in [2.75, 3.05) is 11.9 Å². The molecule has 0 aromatic heterocycles. The van der Waals surface area contributed by atoms with Gasteiger partial charge in [-0.15, -0.1) is 0 Å². The number of carbonyl (C=O) groups excluding carboxylic acids is 2. The minimum Gasteiger partial charge on any atom is -0.355 e. The molecule has 0 saturated heterocycles. The largest absolute Gasteiger partial charge is 0.355 e. The summed E-state index contributed by atoms with van der Waals surface area (Å²) < 4.78 is 0. The number of carbonyl (C=O) groups is 2. The van der Waals surface area contributed by atoms with Gasteiger partial charge in [0.15, 0.2) is 0 Å². The third-order valence-corrected chi connectivity index (χ3v) is 3.51. The molecule has 0 aliphatic carbocycles. The third-order valence-electron chi connectivity index (χ3n) is 3.10. The summed E-state index contributed by atoms with van der Waals surface area (Å²) in [5.74, 6) is -0.638. The van der Waals surface area contributed by atoms with Crippen molar-refractivity contribution in [2.45, 2.75) is 34.1 Å². The number of benzene rings is 1. The molecule has 1 aromatic carbocycles. The average Bonchev–Trinajstić information content (AvgIpc) is 2.39. The first kappa shape index (κ1) is 16.5. The minimum atomic E-state index is -1.13. The molecule has 0 aliphatic heterocycles. The van der Waals surface area contributed by atoms with Gasteiger partial charge in [-0.3, -0.25) is 9.59 Å². The summed E-state index contributed by atoms with van der Waals surface area (Å²) >= 11 is 6.01. The highest BCUT2D eigenvalue weighted by atomic mass is 35.5. The van der Waals surface area contributed by atoms with Crippen LogP contribution in [0, 0.1) is 12.3 Å². The fourth-order valence-electron chi connectivity index (χ4n) is 1.52. The molecule has 110 valence electrons. The fourth-order valence-corrected chi connectivity index (χ4v) is 1.70. The van der Waals surface area contributed by atoms with Crippen molar-refractivity contribution in [3.05, 3.63) is 28.8 Å². The summed E-state index contributed by atoms with van der Waals surface area (Å²) in [5, 5.41) is 6.04. The van der Waals surface area contributed by atoms with E-state index in [-0.39, 0.29) is 11.8 Å². The van der Waals surface area contributed by atoms with E-state index in [1.165, 1.54) is 0 Å². The van der Waals surface area contributed by atoms with Crippen LogP contribution in [0.4, 0.5) is 5.69 Å². The zero-order chi connectivity index (χ0) is 15.3. The standard InChI is InChI=1S/C15H21ClN2O2/c1-5-8-17-13(19)15(3,4)14(20)18-11-7-6-10(2)12(16)9-11/h6-7,9H,5,8H2,1-4H3,(H,17,19)(H,18,20). The quantitative estimate of drug-likeness (QED) is 0.820. The van der Waals surface area contributed by atoms with E-state index < -0.39 is 5.41 Å². The van der Waals surface area contributed by atoms with Gasteiger partial charge in [0, 0.05) is 17.3 Å². The Hall–Kier alpha value is -1.55. The highest BCUT2D eigenvalue weighted by Gasteiger charge is 2.35. The molecule has 4 nitrogen and oxygen atoms in total. The summed E-state index contributed by atoms with van der Waals surface area (Å²) in [6.07, 6.45) is 0.830. The van der Waals surface area contributed by atoms with Crippen molar-refractivity contribution in [2.24, 2.45) is 5.41 Å². The molecule has 0 fully saturated rings. The summed E-state index contributed by atoms with van der Waals surface area (Å²) in [4.78, 5) is 24.2. The summed E-state index contributed by atoms with van der Waals surface area (Å²) in [5.41, 5.74) is 0.388. The molecule has 0 spiro atoms.